The fraction of sp³-hybridized carbons (Fsp3) is 0.500. The molecule has 1 heterocycles. The summed E-state index contributed by atoms with van der Waals surface area (Å²) in [5.41, 5.74) is 1.18. The van der Waals surface area contributed by atoms with Gasteiger partial charge in [0.15, 0.2) is 0 Å². The number of benzene rings is 1. The molecule has 6 heteroatoms. The zero-order valence-corrected chi connectivity index (χ0v) is 16.0. The van der Waals surface area contributed by atoms with E-state index in [1.807, 2.05) is 37.3 Å². The first-order chi connectivity index (χ1) is 12.5. The molecule has 0 radical (unpaired) electrons. The van der Waals surface area contributed by atoms with Gasteiger partial charge in [0.1, 0.15) is 17.4 Å². The standard InChI is InChI=1S/C20H28N4O2/c1-15(16-5-7-19(26-4)8-6-16)22-14-17(13-21)20(25)24(3)18-9-11-23(2)12-10-18/h5-8,14-15,18,22H,9-12H2,1-4H3/b17-14-. The summed E-state index contributed by atoms with van der Waals surface area (Å²) in [6.07, 6.45) is 3.41. The van der Waals surface area contributed by atoms with Gasteiger partial charge in [-0.1, -0.05) is 12.1 Å². The Balaban J connectivity index is 1.99. The number of piperidine rings is 1. The lowest BCUT2D eigenvalue weighted by molar-refractivity contribution is -0.128. The Bertz CT molecular complexity index is 670. The lowest BCUT2D eigenvalue weighted by atomic mass is 10.0. The third-order valence-corrected chi connectivity index (χ3v) is 5.00. The highest BCUT2D eigenvalue weighted by Crippen LogP contribution is 2.18. The molecule has 26 heavy (non-hydrogen) atoms. The van der Waals surface area contributed by atoms with Crippen LogP contribution in [0.1, 0.15) is 31.4 Å². The minimum absolute atomic E-state index is 0.0225. The van der Waals surface area contributed by atoms with E-state index in [4.69, 9.17) is 4.74 Å². The second kappa shape index (κ2) is 9.25. The van der Waals surface area contributed by atoms with Crippen molar-refractivity contribution in [3.05, 3.63) is 41.6 Å². The summed E-state index contributed by atoms with van der Waals surface area (Å²) < 4.78 is 5.16. The molecule has 2 rings (SSSR count). The van der Waals surface area contributed by atoms with Gasteiger partial charge < -0.3 is 19.9 Å². The number of nitrogens with zero attached hydrogens (tertiary/aromatic N) is 3. The fourth-order valence-corrected chi connectivity index (χ4v) is 3.08. The van der Waals surface area contributed by atoms with Gasteiger partial charge in [-0.25, -0.2) is 0 Å². The van der Waals surface area contributed by atoms with E-state index < -0.39 is 0 Å². The van der Waals surface area contributed by atoms with Crippen molar-refractivity contribution in [1.82, 2.24) is 15.1 Å². The first-order valence-corrected chi connectivity index (χ1v) is 8.92. The SMILES string of the molecule is COc1ccc(C(C)N/C=C(/C#N)C(=O)N(C)C2CCN(C)CC2)cc1. The van der Waals surface area contributed by atoms with Crippen LogP contribution in [0.15, 0.2) is 36.0 Å². The summed E-state index contributed by atoms with van der Waals surface area (Å²) in [4.78, 5) is 16.6. The Kier molecular flexibility index (Phi) is 7.05. The smallest absolute Gasteiger partial charge is 0.265 e. The van der Waals surface area contributed by atoms with E-state index in [-0.39, 0.29) is 23.6 Å². The Morgan fingerprint density at radius 1 is 1.38 bits per heavy atom. The molecule has 0 aromatic heterocycles. The van der Waals surface area contributed by atoms with Crippen LogP contribution in [0, 0.1) is 11.3 Å². The predicted octanol–water partition coefficient (Wildman–Crippen LogP) is 2.31. The van der Waals surface area contributed by atoms with Crippen LogP contribution >= 0.6 is 0 Å². The van der Waals surface area contributed by atoms with Gasteiger partial charge >= 0.3 is 0 Å². The average molecular weight is 356 g/mol. The zero-order chi connectivity index (χ0) is 19.1. The van der Waals surface area contributed by atoms with E-state index in [1.165, 1.54) is 6.20 Å². The summed E-state index contributed by atoms with van der Waals surface area (Å²) in [5, 5.41) is 12.6. The molecule has 1 aromatic carbocycles. The van der Waals surface area contributed by atoms with Crippen LogP contribution < -0.4 is 10.1 Å². The van der Waals surface area contributed by atoms with Gasteiger partial charge in [0, 0.05) is 25.3 Å². The second-order valence-electron chi connectivity index (χ2n) is 6.78. The Hall–Kier alpha value is -2.52. The number of nitriles is 1. The van der Waals surface area contributed by atoms with Crippen molar-refractivity contribution in [2.75, 3.05) is 34.3 Å². The normalized spacial score (nSPS) is 17.3. The first kappa shape index (κ1) is 19.8. The maximum absolute atomic E-state index is 12.7. The van der Waals surface area contributed by atoms with Crippen molar-refractivity contribution in [3.63, 3.8) is 0 Å². The van der Waals surface area contributed by atoms with E-state index in [0.717, 1.165) is 37.2 Å². The van der Waals surface area contributed by atoms with Crippen LogP contribution in [0.2, 0.25) is 0 Å². The van der Waals surface area contributed by atoms with E-state index in [1.54, 1.807) is 19.1 Å². The number of amides is 1. The summed E-state index contributed by atoms with van der Waals surface area (Å²) in [7, 11) is 5.50. The molecule has 1 aliphatic heterocycles. The number of hydrogen-bond acceptors (Lipinski definition) is 5. The van der Waals surface area contributed by atoms with E-state index in [2.05, 4.69) is 17.3 Å². The molecule has 1 amide bonds. The number of hydrogen-bond donors (Lipinski definition) is 1. The number of ether oxygens (including phenoxy) is 1. The maximum atomic E-state index is 12.7. The van der Waals surface area contributed by atoms with Gasteiger partial charge in [0.25, 0.3) is 5.91 Å². The quantitative estimate of drug-likeness (QED) is 0.626. The van der Waals surface area contributed by atoms with Crippen LogP contribution in [0.4, 0.5) is 0 Å². The van der Waals surface area contributed by atoms with Gasteiger partial charge in [-0.05, 0) is 57.6 Å². The highest BCUT2D eigenvalue weighted by Gasteiger charge is 2.26. The molecule has 1 atom stereocenters. The topological polar surface area (TPSA) is 68.6 Å². The Morgan fingerprint density at radius 2 is 2.00 bits per heavy atom. The predicted molar refractivity (Wildman–Crippen MR) is 102 cm³/mol. The molecule has 1 saturated heterocycles. The monoisotopic (exact) mass is 356 g/mol. The summed E-state index contributed by atoms with van der Waals surface area (Å²) in [6.45, 7) is 3.93. The summed E-state index contributed by atoms with van der Waals surface area (Å²) >= 11 is 0. The van der Waals surface area contributed by atoms with Crippen molar-refractivity contribution in [3.8, 4) is 11.8 Å². The number of likely N-dealkylation sites (tertiary alicyclic amines) is 1. The van der Waals surface area contributed by atoms with E-state index in [9.17, 15) is 10.1 Å². The lowest BCUT2D eigenvalue weighted by Gasteiger charge is -2.35. The molecule has 1 unspecified atom stereocenters. The van der Waals surface area contributed by atoms with Gasteiger partial charge in [-0.3, -0.25) is 4.79 Å². The lowest BCUT2D eigenvalue weighted by Crippen LogP contribution is -2.45. The van der Waals surface area contributed by atoms with Gasteiger partial charge in [0.2, 0.25) is 0 Å². The van der Waals surface area contributed by atoms with Crippen molar-refractivity contribution < 1.29 is 9.53 Å². The molecule has 0 aliphatic carbocycles. The van der Waals surface area contributed by atoms with Crippen LogP contribution in [-0.4, -0.2) is 56.0 Å². The number of methoxy groups -OCH3 is 1. The number of carbonyl (C=O) groups excluding carboxylic acids is 1. The van der Waals surface area contributed by atoms with Crippen molar-refractivity contribution in [1.29, 1.82) is 5.26 Å². The second-order valence-corrected chi connectivity index (χ2v) is 6.78. The van der Waals surface area contributed by atoms with E-state index in [0.29, 0.717) is 0 Å². The molecule has 1 aliphatic rings. The van der Waals surface area contributed by atoms with Crippen LogP contribution in [0.5, 0.6) is 5.75 Å². The molecule has 1 N–H and O–H groups in total. The average Bonchev–Trinajstić information content (AvgIpc) is 2.68. The molecule has 1 aromatic rings. The number of likely N-dealkylation sites (N-methyl/N-ethyl adjacent to an activating group) is 1. The van der Waals surface area contributed by atoms with E-state index >= 15 is 0 Å². The third kappa shape index (κ3) is 4.99. The first-order valence-electron chi connectivity index (χ1n) is 8.92. The number of rotatable bonds is 6. The van der Waals surface area contributed by atoms with Gasteiger partial charge in [-0.2, -0.15) is 5.26 Å². The molecule has 0 bridgehead atoms. The Labute approximate surface area is 156 Å². The molecule has 0 spiro atoms. The number of nitrogens with one attached hydrogen (secondary N) is 1. The van der Waals surface area contributed by atoms with Crippen molar-refractivity contribution >= 4 is 5.91 Å². The Morgan fingerprint density at radius 3 is 2.54 bits per heavy atom. The molecule has 140 valence electrons. The number of carbonyl (C=O) groups is 1. The van der Waals surface area contributed by atoms with Crippen molar-refractivity contribution in [2.24, 2.45) is 0 Å². The minimum Gasteiger partial charge on any atom is -0.497 e. The maximum Gasteiger partial charge on any atom is 0.265 e. The van der Waals surface area contributed by atoms with Crippen LogP contribution in [0.3, 0.4) is 0 Å². The summed E-state index contributed by atoms with van der Waals surface area (Å²) in [6, 6.07) is 9.90. The summed E-state index contributed by atoms with van der Waals surface area (Å²) in [5.74, 6) is 0.570. The molecular weight excluding hydrogens is 328 g/mol. The van der Waals surface area contributed by atoms with Crippen molar-refractivity contribution in [2.45, 2.75) is 31.8 Å². The zero-order valence-electron chi connectivity index (χ0n) is 16.0. The fourth-order valence-electron chi connectivity index (χ4n) is 3.08. The minimum atomic E-state index is -0.225. The largest absolute Gasteiger partial charge is 0.497 e. The van der Waals surface area contributed by atoms with Crippen LogP contribution in [0.25, 0.3) is 0 Å². The molecular formula is C20H28N4O2. The molecule has 6 nitrogen and oxygen atoms in total. The van der Waals surface area contributed by atoms with Gasteiger partial charge in [-0.15, -0.1) is 0 Å². The van der Waals surface area contributed by atoms with Crippen LogP contribution in [-0.2, 0) is 4.79 Å². The third-order valence-electron chi connectivity index (χ3n) is 5.00. The molecule has 0 saturated carbocycles. The highest BCUT2D eigenvalue weighted by atomic mass is 16.5. The van der Waals surface area contributed by atoms with Gasteiger partial charge in [0.05, 0.1) is 7.11 Å². The highest BCUT2D eigenvalue weighted by molar-refractivity contribution is 5.97. The molecule has 1 fully saturated rings.